The van der Waals surface area contributed by atoms with Crippen LogP contribution in [0.5, 0.6) is 0 Å². The Morgan fingerprint density at radius 1 is 1.53 bits per heavy atom. The van der Waals surface area contributed by atoms with Gasteiger partial charge >= 0.3 is 0 Å². The molecule has 1 atom stereocenters. The summed E-state index contributed by atoms with van der Waals surface area (Å²) in [5, 5.41) is 6.92. The lowest BCUT2D eigenvalue weighted by molar-refractivity contribution is 0.307. The van der Waals surface area contributed by atoms with Crippen LogP contribution in [0.1, 0.15) is 24.6 Å². The smallest absolute Gasteiger partial charge is 0.211 e. The summed E-state index contributed by atoms with van der Waals surface area (Å²) >= 11 is 5.06. The molecule has 1 unspecified atom stereocenters. The highest BCUT2D eigenvalue weighted by atomic mass is 32.2. The molecule has 0 radical (unpaired) electrons. The van der Waals surface area contributed by atoms with Crippen molar-refractivity contribution in [2.45, 2.75) is 18.8 Å². The van der Waals surface area contributed by atoms with Crippen molar-refractivity contribution in [3.8, 4) is 0 Å². The van der Waals surface area contributed by atoms with Gasteiger partial charge < -0.3 is 4.57 Å². The molecule has 6 nitrogen and oxygen atoms in total. The minimum atomic E-state index is -3.11. The first-order valence-corrected chi connectivity index (χ1v) is 7.71. The molecule has 0 saturated carbocycles. The SMILES string of the molecule is Cn1c(C2CCCN(S(C)(=O)=O)C2)n[nH]c1=S. The first-order valence-electron chi connectivity index (χ1n) is 5.46. The number of sulfonamides is 1. The second-order valence-electron chi connectivity index (χ2n) is 4.41. The van der Waals surface area contributed by atoms with Gasteiger partial charge in [-0.2, -0.15) is 5.10 Å². The second kappa shape index (κ2) is 4.51. The third-order valence-electron chi connectivity index (χ3n) is 3.13. The molecular formula is C9H16N4O2S2. The molecule has 0 aliphatic carbocycles. The van der Waals surface area contributed by atoms with Gasteiger partial charge in [0.1, 0.15) is 5.82 Å². The number of rotatable bonds is 2. The van der Waals surface area contributed by atoms with E-state index in [1.807, 2.05) is 11.6 Å². The lowest BCUT2D eigenvalue weighted by Crippen LogP contribution is -2.39. The molecule has 8 heteroatoms. The zero-order valence-corrected chi connectivity index (χ0v) is 11.5. The standard InChI is InChI=1S/C9H16N4O2S2/c1-12-8(10-11-9(12)16)7-4-3-5-13(6-7)17(2,14)15/h7H,3-6H2,1-2H3,(H,11,16). The monoisotopic (exact) mass is 276 g/mol. The summed E-state index contributed by atoms with van der Waals surface area (Å²) < 4.78 is 26.9. The fraction of sp³-hybridized carbons (Fsp3) is 0.778. The van der Waals surface area contributed by atoms with E-state index in [2.05, 4.69) is 10.2 Å². The van der Waals surface area contributed by atoms with Gasteiger partial charge in [-0.05, 0) is 25.1 Å². The molecule has 1 saturated heterocycles. The summed E-state index contributed by atoms with van der Waals surface area (Å²) in [6.45, 7) is 1.09. The van der Waals surface area contributed by atoms with E-state index < -0.39 is 10.0 Å². The van der Waals surface area contributed by atoms with Crippen LogP contribution in [0.3, 0.4) is 0 Å². The maximum absolute atomic E-state index is 11.5. The van der Waals surface area contributed by atoms with Crippen LogP contribution >= 0.6 is 12.2 Å². The minimum absolute atomic E-state index is 0.122. The third kappa shape index (κ3) is 2.58. The Hall–Kier alpha value is -0.730. The largest absolute Gasteiger partial charge is 0.307 e. The molecule has 1 N–H and O–H groups in total. The second-order valence-corrected chi connectivity index (χ2v) is 6.78. The molecule has 0 spiro atoms. The highest BCUT2D eigenvalue weighted by Gasteiger charge is 2.29. The van der Waals surface area contributed by atoms with E-state index in [4.69, 9.17) is 12.2 Å². The number of aromatic amines is 1. The Labute approximate surface area is 106 Å². The quantitative estimate of drug-likeness (QED) is 0.804. The number of hydrogen-bond donors (Lipinski definition) is 1. The van der Waals surface area contributed by atoms with Gasteiger partial charge in [-0.25, -0.2) is 12.7 Å². The molecule has 1 aliphatic rings. The van der Waals surface area contributed by atoms with Crippen LogP contribution in [0.15, 0.2) is 0 Å². The van der Waals surface area contributed by atoms with E-state index in [9.17, 15) is 8.42 Å². The van der Waals surface area contributed by atoms with Crippen molar-refractivity contribution < 1.29 is 8.42 Å². The van der Waals surface area contributed by atoms with E-state index in [1.165, 1.54) is 10.6 Å². The van der Waals surface area contributed by atoms with Gasteiger partial charge in [-0.15, -0.1) is 0 Å². The normalized spacial score (nSPS) is 22.8. The Morgan fingerprint density at radius 2 is 2.24 bits per heavy atom. The zero-order chi connectivity index (χ0) is 12.6. The van der Waals surface area contributed by atoms with Crippen LogP contribution in [0, 0.1) is 4.77 Å². The third-order valence-corrected chi connectivity index (χ3v) is 4.77. The van der Waals surface area contributed by atoms with Crippen LogP contribution in [0.4, 0.5) is 0 Å². The summed E-state index contributed by atoms with van der Waals surface area (Å²) in [5.41, 5.74) is 0. The topological polar surface area (TPSA) is 71.0 Å². The lowest BCUT2D eigenvalue weighted by Gasteiger charge is -2.30. The summed E-state index contributed by atoms with van der Waals surface area (Å²) in [6, 6.07) is 0. The summed E-state index contributed by atoms with van der Waals surface area (Å²) in [7, 11) is -1.27. The van der Waals surface area contributed by atoms with E-state index in [0.717, 1.165) is 18.7 Å². The van der Waals surface area contributed by atoms with Crippen molar-refractivity contribution in [2.75, 3.05) is 19.3 Å². The average Bonchev–Trinajstić information content (AvgIpc) is 2.59. The fourth-order valence-electron chi connectivity index (χ4n) is 2.18. The molecular weight excluding hydrogens is 260 g/mol. The zero-order valence-electron chi connectivity index (χ0n) is 9.88. The maximum Gasteiger partial charge on any atom is 0.211 e. The summed E-state index contributed by atoms with van der Waals surface area (Å²) in [5.74, 6) is 0.958. The Bertz CT molecular complexity index is 560. The maximum atomic E-state index is 11.5. The van der Waals surface area contributed by atoms with Crippen molar-refractivity contribution in [3.05, 3.63) is 10.6 Å². The van der Waals surface area contributed by atoms with Gasteiger partial charge in [0.15, 0.2) is 4.77 Å². The fourth-order valence-corrected chi connectivity index (χ4v) is 3.23. The van der Waals surface area contributed by atoms with Crippen LogP contribution in [-0.4, -0.2) is 46.8 Å². The van der Waals surface area contributed by atoms with Crippen LogP contribution in [0.25, 0.3) is 0 Å². The van der Waals surface area contributed by atoms with Gasteiger partial charge in [0.05, 0.1) is 6.26 Å². The van der Waals surface area contributed by atoms with Gasteiger partial charge in [-0.3, -0.25) is 5.10 Å². The van der Waals surface area contributed by atoms with Gasteiger partial charge in [0, 0.05) is 26.1 Å². The van der Waals surface area contributed by atoms with Crippen LogP contribution in [0.2, 0.25) is 0 Å². The van der Waals surface area contributed by atoms with Gasteiger partial charge in [0.25, 0.3) is 0 Å². The van der Waals surface area contributed by atoms with E-state index in [1.54, 1.807) is 0 Å². The predicted molar refractivity (Wildman–Crippen MR) is 66.8 cm³/mol. The summed E-state index contributed by atoms with van der Waals surface area (Å²) in [6.07, 6.45) is 3.05. The van der Waals surface area contributed by atoms with Crippen molar-refractivity contribution >= 4 is 22.2 Å². The Morgan fingerprint density at radius 3 is 2.76 bits per heavy atom. The first kappa shape index (κ1) is 12.7. The number of piperidine rings is 1. The van der Waals surface area contributed by atoms with Crippen molar-refractivity contribution in [2.24, 2.45) is 7.05 Å². The van der Waals surface area contributed by atoms with Gasteiger partial charge in [-0.1, -0.05) is 0 Å². The van der Waals surface area contributed by atoms with Crippen molar-refractivity contribution in [3.63, 3.8) is 0 Å². The van der Waals surface area contributed by atoms with Gasteiger partial charge in [0.2, 0.25) is 10.0 Å². The highest BCUT2D eigenvalue weighted by Crippen LogP contribution is 2.26. The molecule has 1 fully saturated rings. The van der Waals surface area contributed by atoms with Crippen LogP contribution < -0.4 is 0 Å². The Kier molecular flexibility index (Phi) is 3.37. The van der Waals surface area contributed by atoms with Crippen molar-refractivity contribution in [1.82, 2.24) is 19.1 Å². The molecule has 1 aliphatic heterocycles. The number of aromatic nitrogens is 3. The summed E-state index contributed by atoms with van der Waals surface area (Å²) in [4.78, 5) is 0. The molecule has 0 bridgehead atoms. The van der Waals surface area contributed by atoms with Crippen molar-refractivity contribution in [1.29, 1.82) is 0 Å². The molecule has 2 heterocycles. The molecule has 0 aromatic carbocycles. The van der Waals surface area contributed by atoms with E-state index in [-0.39, 0.29) is 5.92 Å². The highest BCUT2D eigenvalue weighted by molar-refractivity contribution is 7.88. The number of hydrogen-bond acceptors (Lipinski definition) is 4. The average molecular weight is 276 g/mol. The molecule has 1 aromatic heterocycles. The lowest BCUT2D eigenvalue weighted by atomic mass is 9.99. The molecule has 2 rings (SSSR count). The molecule has 0 amide bonds. The molecule has 96 valence electrons. The number of H-pyrrole nitrogens is 1. The predicted octanol–water partition coefficient (Wildman–Crippen LogP) is 0.617. The number of nitrogens with one attached hydrogen (secondary N) is 1. The molecule has 1 aromatic rings. The minimum Gasteiger partial charge on any atom is -0.307 e. The van der Waals surface area contributed by atoms with E-state index >= 15 is 0 Å². The van der Waals surface area contributed by atoms with E-state index in [0.29, 0.717) is 17.9 Å². The van der Waals surface area contributed by atoms with Crippen LogP contribution in [-0.2, 0) is 17.1 Å². The molecule has 17 heavy (non-hydrogen) atoms. The number of nitrogens with zero attached hydrogens (tertiary/aromatic N) is 3. The first-order chi connectivity index (χ1) is 7.89. The Balaban J connectivity index is 2.24.